The van der Waals surface area contributed by atoms with E-state index in [-0.39, 0.29) is 13.3 Å². The van der Waals surface area contributed by atoms with Gasteiger partial charge in [0.15, 0.2) is 6.10 Å². The van der Waals surface area contributed by atoms with E-state index in [2.05, 4.69) is 9.47 Å². The molecule has 0 aromatic carbocycles. The van der Waals surface area contributed by atoms with Crippen LogP contribution < -0.4 is 5.73 Å². The lowest BCUT2D eigenvalue weighted by Crippen LogP contribution is -2.32. The lowest BCUT2D eigenvalue weighted by molar-refractivity contribution is -0.157. The predicted octanol–water partition coefficient (Wildman–Crippen LogP) is -0.981. The molecule has 0 aliphatic carbocycles. The van der Waals surface area contributed by atoms with Gasteiger partial charge in [0.05, 0.1) is 0 Å². The molecule has 0 radical (unpaired) electrons. The first kappa shape index (κ1) is 9.35. The van der Waals surface area contributed by atoms with Gasteiger partial charge in [0.2, 0.25) is 0 Å². The fraction of sp³-hybridized carbons (Fsp3) is 0.800. The highest BCUT2D eigenvalue weighted by Gasteiger charge is 2.14. The standard InChI is InChI=1S/C5H11NO4/c1-9-3-10-4(2-6)5(7)8/h4H,2-3,6H2,1H3,(H,7,8). The molecule has 0 saturated heterocycles. The average molecular weight is 149 g/mol. The van der Waals surface area contributed by atoms with E-state index in [1.54, 1.807) is 0 Å². The van der Waals surface area contributed by atoms with Gasteiger partial charge in [0.1, 0.15) is 6.79 Å². The summed E-state index contributed by atoms with van der Waals surface area (Å²) in [5, 5.41) is 8.34. The molecule has 5 nitrogen and oxygen atoms in total. The molecule has 0 rings (SSSR count). The summed E-state index contributed by atoms with van der Waals surface area (Å²) in [7, 11) is 1.41. The van der Waals surface area contributed by atoms with Crippen molar-refractivity contribution < 1.29 is 19.4 Å². The Balaban J connectivity index is 3.50. The number of hydrogen-bond acceptors (Lipinski definition) is 4. The second kappa shape index (κ2) is 5.16. The number of methoxy groups -OCH3 is 1. The Labute approximate surface area is 58.7 Å². The normalized spacial score (nSPS) is 13.0. The molecule has 0 fully saturated rings. The van der Waals surface area contributed by atoms with Crippen LogP contribution >= 0.6 is 0 Å². The molecule has 0 saturated carbocycles. The molecule has 0 amide bonds. The maximum Gasteiger partial charge on any atom is 0.334 e. The highest BCUT2D eigenvalue weighted by Crippen LogP contribution is 1.88. The molecule has 0 spiro atoms. The Morgan fingerprint density at radius 2 is 2.40 bits per heavy atom. The maximum atomic E-state index is 10.2. The molecule has 0 aliphatic rings. The predicted molar refractivity (Wildman–Crippen MR) is 33.4 cm³/mol. The first-order valence-electron chi connectivity index (χ1n) is 2.75. The minimum absolute atomic E-state index is 0.0430. The van der Waals surface area contributed by atoms with Crippen molar-refractivity contribution in [3.63, 3.8) is 0 Å². The van der Waals surface area contributed by atoms with Crippen LogP contribution in [0, 0.1) is 0 Å². The van der Waals surface area contributed by atoms with Crippen LogP contribution in [-0.4, -0.2) is 37.6 Å². The molecule has 3 N–H and O–H groups in total. The van der Waals surface area contributed by atoms with E-state index in [1.165, 1.54) is 7.11 Å². The van der Waals surface area contributed by atoms with Crippen LogP contribution in [0.3, 0.4) is 0 Å². The second-order valence-electron chi connectivity index (χ2n) is 1.64. The van der Waals surface area contributed by atoms with Crippen molar-refractivity contribution in [3.8, 4) is 0 Å². The van der Waals surface area contributed by atoms with Crippen molar-refractivity contribution in [1.82, 2.24) is 0 Å². The van der Waals surface area contributed by atoms with Crippen LogP contribution in [0.25, 0.3) is 0 Å². The number of ether oxygens (including phenoxy) is 2. The molecular formula is C5H11NO4. The van der Waals surface area contributed by atoms with Gasteiger partial charge in [0, 0.05) is 13.7 Å². The summed E-state index contributed by atoms with van der Waals surface area (Å²) in [6, 6.07) is 0. The third kappa shape index (κ3) is 3.39. The number of carboxylic acids is 1. The molecule has 1 unspecified atom stereocenters. The van der Waals surface area contributed by atoms with E-state index >= 15 is 0 Å². The first-order chi connectivity index (χ1) is 4.72. The SMILES string of the molecule is COCOC(CN)C(=O)O. The summed E-state index contributed by atoms with van der Waals surface area (Å²) in [4.78, 5) is 10.2. The van der Waals surface area contributed by atoms with Gasteiger partial charge in [-0.15, -0.1) is 0 Å². The number of nitrogens with two attached hydrogens (primary N) is 1. The lowest BCUT2D eigenvalue weighted by Gasteiger charge is -2.08. The average Bonchev–Trinajstić information content (AvgIpc) is 1.89. The van der Waals surface area contributed by atoms with Gasteiger partial charge in [-0.1, -0.05) is 0 Å². The molecule has 5 heteroatoms. The molecule has 60 valence electrons. The topological polar surface area (TPSA) is 81.8 Å². The zero-order valence-electron chi connectivity index (χ0n) is 5.74. The molecule has 0 aromatic rings. The van der Waals surface area contributed by atoms with Crippen molar-refractivity contribution in [1.29, 1.82) is 0 Å². The minimum Gasteiger partial charge on any atom is -0.479 e. The van der Waals surface area contributed by atoms with Crippen molar-refractivity contribution in [2.45, 2.75) is 6.10 Å². The zero-order chi connectivity index (χ0) is 7.98. The van der Waals surface area contributed by atoms with Gasteiger partial charge < -0.3 is 20.3 Å². The lowest BCUT2D eigenvalue weighted by atomic mass is 10.4. The van der Waals surface area contributed by atoms with Crippen LogP contribution in [0.1, 0.15) is 0 Å². The van der Waals surface area contributed by atoms with Gasteiger partial charge >= 0.3 is 5.97 Å². The van der Waals surface area contributed by atoms with E-state index in [0.29, 0.717) is 0 Å². The molecule has 1 atom stereocenters. The quantitative estimate of drug-likeness (QED) is 0.491. The van der Waals surface area contributed by atoms with Gasteiger partial charge in [-0.25, -0.2) is 4.79 Å². The fourth-order valence-corrected chi connectivity index (χ4v) is 0.390. The molecular weight excluding hydrogens is 138 g/mol. The summed E-state index contributed by atoms with van der Waals surface area (Å²) in [5.41, 5.74) is 5.05. The molecule has 0 aliphatic heterocycles. The molecule has 10 heavy (non-hydrogen) atoms. The van der Waals surface area contributed by atoms with E-state index in [0.717, 1.165) is 0 Å². The van der Waals surface area contributed by atoms with Crippen molar-refractivity contribution in [3.05, 3.63) is 0 Å². The van der Waals surface area contributed by atoms with E-state index < -0.39 is 12.1 Å². The Morgan fingerprint density at radius 1 is 1.80 bits per heavy atom. The van der Waals surface area contributed by atoms with Crippen LogP contribution in [0.5, 0.6) is 0 Å². The summed E-state index contributed by atoms with van der Waals surface area (Å²) in [5.74, 6) is -1.07. The zero-order valence-corrected chi connectivity index (χ0v) is 5.74. The Bertz CT molecular complexity index is 106. The van der Waals surface area contributed by atoms with Crippen molar-refractivity contribution in [2.75, 3.05) is 20.4 Å². The summed E-state index contributed by atoms with van der Waals surface area (Å²) < 4.78 is 9.14. The number of carboxylic acid groups (broad SMARTS) is 1. The van der Waals surface area contributed by atoms with Crippen LogP contribution in [0.15, 0.2) is 0 Å². The third-order valence-corrected chi connectivity index (χ3v) is 0.877. The summed E-state index contributed by atoms with van der Waals surface area (Å²) in [6.45, 7) is -0.0904. The Kier molecular flexibility index (Phi) is 4.82. The number of hydrogen-bond donors (Lipinski definition) is 2. The van der Waals surface area contributed by atoms with Gasteiger partial charge in [0.25, 0.3) is 0 Å². The Morgan fingerprint density at radius 3 is 2.70 bits per heavy atom. The van der Waals surface area contributed by atoms with E-state index in [4.69, 9.17) is 10.8 Å². The number of rotatable bonds is 5. The van der Waals surface area contributed by atoms with Gasteiger partial charge in [-0.2, -0.15) is 0 Å². The van der Waals surface area contributed by atoms with Gasteiger partial charge in [-0.05, 0) is 0 Å². The summed E-state index contributed by atoms with van der Waals surface area (Å²) in [6.07, 6.45) is -0.958. The Hall–Kier alpha value is -0.650. The maximum absolute atomic E-state index is 10.2. The van der Waals surface area contributed by atoms with Crippen LogP contribution in [0.2, 0.25) is 0 Å². The molecule has 0 heterocycles. The molecule has 0 bridgehead atoms. The number of carbonyl (C=O) groups is 1. The van der Waals surface area contributed by atoms with Crippen LogP contribution in [-0.2, 0) is 14.3 Å². The largest absolute Gasteiger partial charge is 0.479 e. The highest BCUT2D eigenvalue weighted by molar-refractivity contribution is 5.72. The van der Waals surface area contributed by atoms with Crippen molar-refractivity contribution >= 4 is 5.97 Å². The second-order valence-corrected chi connectivity index (χ2v) is 1.64. The first-order valence-corrected chi connectivity index (χ1v) is 2.75. The van der Waals surface area contributed by atoms with Crippen molar-refractivity contribution in [2.24, 2.45) is 5.73 Å². The van der Waals surface area contributed by atoms with Crippen LogP contribution in [0.4, 0.5) is 0 Å². The minimum atomic E-state index is -1.07. The monoisotopic (exact) mass is 149 g/mol. The van der Waals surface area contributed by atoms with E-state index in [9.17, 15) is 4.79 Å². The third-order valence-electron chi connectivity index (χ3n) is 0.877. The van der Waals surface area contributed by atoms with E-state index in [1.807, 2.05) is 0 Å². The summed E-state index contributed by atoms with van der Waals surface area (Å²) >= 11 is 0. The highest BCUT2D eigenvalue weighted by atomic mass is 16.7. The molecule has 0 aromatic heterocycles. The van der Waals surface area contributed by atoms with Gasteiger partial charge in [-0.3, -0.25) is 0 Å². The number of aliphatic carboxylic acids is 1. The fourth-order valence-electron chi connectivity index (χ4n) is 0.390. The smallest absolute Gasteiger partial charge is 0.334 e.